The van der Waals surface area contributed by atoms with Crippen molar-refractivity contribution in [1.82, 2.24) is 0 Å². The van der Waals surface area contributed by atoms with Gasteiger partial charge in [0.05, 0.1) is 0 Å². The average molecular weight is 361 g/mol. The van der Waals surface area contributed by atoms with Gasteiger partial charge in [-0.1, -0.05) is 54.6 Å². The molecule has 3 aromatic carbocycles. The van der Waals surface area contributed by atoms with Crippen LogP contribution in [0.5, 0.6) is 11.5 Å². The number of hydrogen-bond acceptors (Lipinski definition) is 3. The van der Waals surface area contributed by atoms with E-state index < -0.39 is 6.10 Å². The van der Waals surface area contributed by atoms with Gasteiger partial charge in [0.15, 0.2) is 6.10 Å². The number of carbonyl (C=O) groups excluding carboxylic acids is 1. The van der Waals surface area contributed by atoms with Crippen LogP contribution in [-0.4, -0.2) is 12.0 Å². The summed E-state index contributed by atoms with van der Waals surface area (Å²) < 4.78 is 11.6. The number of benzene rings is 3. The van der Waals surface area contributed by atoms with Crippen molar-refractivity contribution in [1.29, 1.82) is 0 Å². The van der Waals surface area contributed by atoms with E-state index in [1.165, 1.54) is 0 Å². The van der Waals surface area contributed by atoms with Crippen molar-refractivity contribution in [2.24, 2.45) is 0 Å². The molecule has 0 aromatic heterocycles. The molecule has 1 N–H and O–H groups in total. The summed E-state index contributed by atoms with van der Waals surface area (Å²) in [6.07, 6.45) is -0.611. The van der Waals surface area contributed by atoms with E-state index in [0.29, 0.717) is 23.8 Å². The molecule has 0 radical (unpaired) electrons. The van der Waals surface area contributed by atoms with Crippen LogP contribution < -0.4 is 14.8 Å². The van der Waals surface area contributed by atoms with Crippen molar-refractivity contribution in [3.05, 3.63) is 90.0 Å². The molecule has 0 fully saturated rings. The fourth-order valence-electron chi connectivity index (χ4n) is 2.58. The molecule has 1 unspecified atom stereocenters. The first kappa shape index (κ1) is 18.5. The van der Waals surface area contributed by atoms with Crippen LogP contribution in [0.1, 0.15) is 18.1 Å². The predicted molar refractivity (Wildman–Crippen MR) is 107 cm³/mol. The summed E-state index contributed by atoms with van der Waals surface area (Å²) in [6, 6.07) is 24.9. The van der Waals surface area contributed by atoms with Crippen LogP contribution in [0.3, 0.4) is 0 Å². The largest absolute Gasteiger partial charge is 0.489 e. The van der Waals surface area contributed by atoms with Crippen LogP contribution in [0.4, 0.5) is 5.69 Å². The van der Waals surface area contributed by atoms with Crippen LogP contribution in [0.2, 0.25) is 0 Å². The molecule has 0 bridgehead atoms. The molecule has 0 aliphatic heterocycles. The number of amides is 1. The number of rotatable bonds is 7. The Balaban J connectivity index is 1.58. The topological polar surface area (TPSA) is 47.6 Å². The molecule has 0 saturated carbocycles. The molecule has 0 heterocycles. The lowest BCUT2D eigenvalue weighted by atomic mass is 10.2. The van der Waals surface area contributed by atoms with Gasteiger partial charge in [0.1, 0.15) is 18.1 Å². The summed E-state index contributed by atoms with van der Waals surface area (Å²) >= 11 is 0. The predicted octanol–water partition coefficient (Wildman–Crippen LogP) is 4.98. The van der Waals surface area contributed by atoms with Crippen molar-refractivity contribution in [2.75, 3.05) is 5.32 Å². The van der Waals surface area contributed by atoms with Gasteiger partial charge in [-0.25, -0.2) is 0 Å². The van der Waals surface area contributed by atoms with Gasteiger partial charge in [-0.15, -0.1) is 0 Å². The van der Waals surface area contributed by atoms with E-state index in [0.717, 1.165) is 11.1 Å². The van der Waals surface area contributed by atoms with Crippen LogP contribution in [0.25, 0.3) is 0 Å². The van der Waals surface area contributed by atoms with Gasteiger partial charge in [-0.05, 0) is 43.2 Å². The quantitative estimate of drug-likeness (QED) is 0.646. The van der Waals surface area contributed by atoms with Crippen LogP contribution in [-0.2, 0) is 11.4 Å². The number of nitrogens with one attached hydrogen (secondary N) is 1. The summed E-state index contributed by atoms with van der Waals surface area (Å²) in [5.74, 6) is 1.20. The fraction of sp³-hybridized carbons (Fsp3) is 0.174. The molecule has 0 saturated heterocycles. The molecule has 0 spiro atoms. The number of para-hydroxylation sites is 1. The Hall–Kier alpha value is -3.27. The summed E-state index contributed by atoms with van der Waals surface area (Å²) in [6.45, 7) is 4.16. The lowest BCUT2D eigenvalue weighted by molar-refractivity contribution is -0.122. The van der Waals surface area contributed by atoms with E-state index in [1.54, 1.807) is 13.0 Å². The third kappa shape index (κ3) is 5.35. The minimum atomic E-state index is -0.611. The summed E-state index contributed by atoms with van der Waals surface area (Å²) in [5, 5.41) is 2.88. The maximum Gasteiger partial charge on any atom is 0.265 e. The summed E-state index contributed by atoms with van der Waals surface area (Å²) in [7, 11) is 0. The van der Waals surface area contributed by atoms with Gasteiger partial charge in [0.2, 0.25) is 0 Å². The highest BCUT2D eigenvalue weighted by atomic mass is 16.5. The molecule has 138 valence electrons. The van der Waals surface area contributed by atoms with Gasteiger partial charge in [-0.3, -0.25) is 4.79 Å². The second kappa shape index (κ2) is 8.90. The lowest BCUT2D eigenvalue weighted by Crippen LogP contribution is -2.30. The van der Waals surface area contributed by atoms with E-state index in [9.17, 15) is 4.79 Å². The minimum Gasteiger partial charge on any atom is -0.489 e. The van der Waals surface area contributed by atoms with Crippen molar-refractivity contribution in [3.63, 3.8) is 0 Å². The first-order valence-corrected chi connectivity index (χ1v) is 8.92. The van der Waals surface area contributed by atoms with E-state index in [2.05, 4.69) is 5.32 Å². The number of carbonyl (C=O) groups is 1. The molecule has 0 aliphatic rings. The molecule has 3 rings (SSSR count). The molecule has 4 nitrogen and oxygen atoms in total. The highest BCUT2D eigenvalue weighted by molar-refractivity contribution is 5.94. The van der Waals surface area contributed by atoms with E-state index in [-0.39, 0.29) is 5.91 Å². The molecule has 1 amide bonds. The third-order valence-electron chi connectivity index (χ3n) is 4.12. The normalized spacial score (nSPS) is 11.5. The minimum absolute atomic E-state index is 0.210. The van der Waals surface area contributed by atoms with E-state index in [4.69, 9.17) is 9.47 Å². The summed E-state index contributed by atoms with van der Waals surface area (Å²) in [5.41, 5.74) is 2.76. The molecular weight excluding hydrogens is 338 g/mol. The van der Waals surface area contributed by atoms with Crippen LogP contribution in [0, 0.1) is 6.92 Å². The Bertz CT molecular complexity index is 893. The highest BCUT2D eigenvalue weighted by Crippen LogP contribution is 2.21. The molecule has 4 heteroatoms. The molecule has 0 aliphatic carbocycles. The maximum absolute atomic E-state index is 12.4. The highest BCUT2D eigenvalue weighted by Gasteiger charge is 2.16. The lowest BCUT2D eigenvalue weighted by Gasteiger charge is -2.16. The first-order valence-electron chi connectivity index (χ1n) is 8.92. The molecule has 27 heavy (non-hydrogen) atoms. The number of ether oxygens (including phenoxy) is 2. The van der Waals surface area contributed by atoms with Gasteiger partial charge < -0.3 is 14.8 Å². The zero-order valence-corrected chi connectivity index (χ0v) is 15.5. The van der Waals surface area contributed by atoms with Crippen LogP contribution >= 0.6 is 0 Å². The van der Waals surface area contributed by atoms with E-state index in [1.807, 2.05) is 79.7 Å². The van der Waals surface area contributed by atoms with Crippen molar-refractivity contribution in [2.45, 2.75) is 26.6 Å². The molecule has 3 aromatic rings. The summed E-state index contributed by atoms with van der Waals surface area (Å²) in [4.78, 5) is 12.4. The standard InChI is InChI=1S/C23H23NO3/c1-17-9-6-7-14-22(17)27-18(2)23(25)24-20-12-8-13-21(15-20)26-16-19-10-4-3-5-11-19/h3-15,18H,16H2,1-2H3,(H,24,25). The first-order chi connectivity index (χ1) is 13.1. The van der Waals surface area contributed by atoms with Gasteiger partial charge in [0, 0.05) is 11.8 Å². The second-order valence-corrected chi connectivity index (χ2v) is 6.32. The van der Waals surface area contributed by atoms with Crippen molar-refractivity contribution in [3.8, 4) is 11.5 Å². The fourth-order valence-corrected chi connectivity index (χ4v) is 2.58. The van der Waals surface area contributed by atoms with Crippen molar-refractivity contribution < 1.29 is 14.3 Å². The van der Waals surface area contributed by atoms with Gasteiger partial charge in [-0.2, -0.15) is 0 Å². The van der Waals surface area contributed by atoms with Gasteiger partial charge >= 0.3 is 0 Å². The van der Waals surface area contributed by atoms with Gasteiger partial charge in [0.25, 0.3) is 5.91 Å². The molecule has 1 atom stereocenters. The third-order valence-corrected chi connectivity index (χ3v) is 4.12. The van der Waals surface area contributed by atoms with Crippen LogP contribution in [0.15, 0.2) is 78.9 Å². The Labute approximate surface area is 159 Å². The second-order valence-electron chi connectivity index (χ2n) is 6.32. The Morgan fingerprint density at radius 1 is 0.963 bits per heavy atom. The number of hydrogen-bond donors (Lipinski definition) is 1. The Morgan fingerprint density at radius 3 is 2.48 bits per heavy atom. The molecular formula is C23H23NO3. The zero-order chi connectivity index (χ0) is 19.1. The maximum atomic E-state index is 12.4. The van der Waals surface area contributed by atoms with Crippen molar-refractivity contribution >= 4 is 11.6 Å². The SMILES string of the molecule is Cc1ccccc1OC(C)C(=O)Nc1cccc(OCc2ccccc2)c1. The van der Waals surface area contributed by atoms with E-state index >= 15 is 0 Å². The Kier molecular flexibility index (Phi) is 6.10. The smallest absolute Gasteiger partial charge is 0.265 e. The average Bonchev–Trinajstić information content (AvgIpc) is 2.69. The zero-order valence-electron chi connectivity index (χ0n) is 15.5. The number of aryl methyl sites for hydroxylation is 1. The Morgan fingerprint density at radius 2 is 1.70 bits per heavy atom. The monoisotopic (exact) mass is 361 g/mol. The number of anilines is 1.